The molecule has 0 spiro atoms. The van der Waals surface area contributed by atoms with Crippen LogP contribution in [0.5, 0.6) is 0 Å². The van der Waals surface area contributed by atoms with Crippen LogP contribution in [0.25, 0.3) is 0 Å². The second-order valence-electron chi connectivity index (χ2n) is 8.94. The van der Waals surface area contributed by atoms with Gasteiger partial charge in [-0.05, 0) is 25.9 Å². The number of ether oxygens (including phenoxy) is 4. The highest BCUT2D eigenvalue weighted by molar-refractivity contribution is 8.00. The molecule has 0 rings (SSSR count). The molecule has 0 heterocycles. The van der Waals surface area contributed by atoms with Crippen molar-refractivity contribution in [2.45, 2.75) is 51.5 Å². The van der Waals surface area contributed by atoms with E-state index < -0.39 is 17.9 Å². The molecular formula is C26H52N4O8S. The smallest absolute Gasteiger partial charge is 0.327 e. The molecule has 0 aliphatic carbocycles. The van der Waals surface area contributed by atoms with E-state index >= 15 is 0 Å². The van der Waals surface area contributed by atoms with Gasteiger partial charge in [-0.25, -0.2) is 4.79 Å². The molecule has 13 heteroatoms. The van der Waals surface area contributed by atoms with Gasteiger partial charge in [0.1, 0.15) is 6.04 Å². The first kappa shape index (κ1) is 37.5. The van der Waals surface area contributed by atoms with Gasteiger partial charge in [-0.1, -0.05) is 26.2 Å². The van der Waals surface area contributed by atoms with Crippen LogP contribution in [0.15, 0.2) is 0 Å². The fraction of sp³-hybridized carbons (Fsp3) is 0.885. The van der Waals surface area contributed by atoms with Crippen molar-refractivity contribution < 1.29 is 38.4 Å². The summed E-state index contributed by atoms with van der Waals surface area (Å²) in [5, 5.41) is 15.2. The Labute approximate surface area is 238 Å². The lowest BCUT2D eigenvalue weighted by molar-refractivity contribution is -0.141. The number of nitrogens with two attached hydrogens (primary N) is 1. The number of unbranched alkanes of at least 4 members (excludes halogenated alkanes) is 3. The third-order valence-corrected chi connectivity index (χ3v) is 6.51. The standard InChI is InChI=1S/C26H52N4O8S/c1-3-4-5-6-10-28-11-14-36-16-18-38-20-19-37-17-15-35-13-8-24(31)29-23(26(33)34)21-39-22-25(32)30(2)12-7-9-27/h23,28H,3-22,27H2,1-2H3,(H,29,31)(H,33,34)/t23-/m0/s1. The molecule has 0 aromatic rings. The molecule has 0 fully saturated rings. The fourth-order valence-corrected chi connectivity index (χ4v) is 4.12. The first-order valence-electron chi connectivity index (χ1n) is 14.0. The van der Waals surface area contributed by atoms with Crippen LogP contribution in [-0.2, 0) is 33.3 Å². The maximum atomic E-state index is 12.1. The summed E-state index contributed by atoms with van der Waals surface area (Å²) in [5.41, 5.74) is 5.44. The monoisotopic (exact) mass is 580 g/mol. The predicted octanol–water partition coefficient (Wildman–Crippen LogP) is 0.723. The number of carbonyl (C=O) groups is 3. The predicted molar refractivity (Wildman–Crippen MR) is 153 cm³/mol. The van der Waals surface area contributed by atoms with Crippen molar-refractivity contribution in [3.63, 3.8) is 0 Å². The molecule has 0 saturated heterocycles. The largest absolute Gasteiger partial charge is 0.480 e. The van der Waals surface area contributed by atoms with E-state index in [0.717, 1.165) is 13.1 Å². The van der Waals surface area contributed by atoms with Crippen molar-refractivity contribution in [1.82, 2.24) is 15.5 Å². The van der Waals surface area contributed by atoms with Gasteiger partial charge in [0.05, 0.1) is 58.6 Å². The third-order valence-electron chi connectivity index (χ3n) is 5.49. The van der Waals surface area contributed by atoms with Crippen molar-refractivity contribution in [2.75, 3.05) is 97.6 Å². The summed E-state index contributed by atoms with van der Waals surface area (Å²) >= 11 is 1.17. The lowest BCUT2D eigenvalue weighted by Gasteiger charge is -2.18. The molecule has 39 heavy (non-hydrogen) atoms. The first-order chi connectivity index (χ1) is 18.9. The molecule has 0 radical (unpaired) electrons. The quantitative estimate of drug-likeness (QED) is 0.0923. The number of carboxylic acid groups (broad SMARTS) is 1. The summed E-state index contributed by atoms with van der Waals surface area (Å²) in [6.45, 7) is 8.64. The van der Waals surface area contributed by atoms with E-state index in [1.54, 1.807) is 11.9 Å². The van der Waals surface area contributed by atoms with E-state index in [9.17, 15) is 19.5 Å². The molecular weight excluding hydrogens is 528 g/mol. The van der Waals surface area contributed by atoms with Crippen LogP contribution in [0, 0.1) is 0 Å². The van der Waals surface area contributed by atoms with Gasteiger partial charge >= 0.3 is 5.97 Å². The topological polar surface area (TPSA) is 162 Å². The number of thioether (sulfide) groups is 1. The van der Waals surface area contributed by atoms with E-state index in [2.05, 4.69) is 17.6 Å². The number of nitrogens with zero attached hydrogens (tertiary/aromatic N) is 1. The molecule has 0 unspecified atom stereocenters. The minimum Gasteiger partial charge on any atom is -0.480 e. The van der Waals surface area contributed by atoms with Gasteiger partial charge < -0.3 is 45.3 Å². The Morgan fingerprint density at radius 2 is 1.49 bits per heavy atom. The van der Waals surface area contributed by atoms with Gasteiger partial charge in [-0.2, -0.15) is 0 Å². The van der Waals surface area contributed by atoms with Gasteiger partial charge in [0, 0.05) is 32.3 Å². The fourth-order valence-electron chi connectivity index (χ4n) is 3.14. The highest BCUT2D eigenvalue weighted by Gasteiger charge is 2.20. The summed E-state index contributed by atoms with van der Waals surface area (Å²) in [6.07, 6.45) is 5.78. The zero-order valence-corrected chi connectivity index (χ0v) is 24.8. The third kappa shape index (κ3) is 25.2. The van der Waals surface area contributed by atoms with Gasteiger partial charge in [0.2, 0.25) is 11.8 Å². The van der Waals surface area contributed by atoms with E-state index in [4.69, 9.17) is 24.7 Å². The van der Waals surface area contributed by atoms with Gasteiger partial charge in [-0.15, -0.1) is 11.8 Å². The van der Waals surface area contributed by atoms with Crippen LogP contribution in [0.3, 0.4) is 0 Å². The zero-order valence-electron chi connectivity index (χ0n) is 24.0. The molecule has 0 bridgehead atoms. The van der Waals surface area contributed by atoms with Crippen LogP contribution in [0.2, 0.25) is 0 Å². The summed E-state index contributed by atoms with van der Waals surface area (Å²) in [5.74, 6) is -1.44. The maximum absolute atomic E-state index is 12.1. The number of carbonyl (C=O) groups excluding carboxylic acids is 2. The molecule has 2 amide bonds. The van der Waals surface area contributed by atoms with E-state index in [-0.39, 0.29) is 30.4 Å². The highest BCUT2D eigenvalue weighted by atomic mass is 32.2. The van der Waals surface area contributed by atoms with Crippen molar-refractivity contribution in [2.24, 2.45) is 5.73 Å². The number of nitrogens with one attached hydrogen (secondary N) is 2. The Kier molecular flexibility index (Phi) is 27.0. The Morgan fingerprint density at radius 1 is 0.872 bits per heavy atom. The van der Waals surface area contributed by atoms with Gasteiger partial charge in [-0.3, -0.25) is 9.59 Å². The normalized spacial score (nSPS) is 11.9. The van der Waals surface area contributed by atoms with E-state index in [1.807, 2.05) is 0 Å². The summed E-state index contributed by atoms with van der Waals surface area (Å²) in [6, 6.07) is -1.07. The van der Waals surface area contributed by atoms with Crippen LogP contribution in [0.4, 0.5) is 0 Å². The molecule has 0 aromatic heterocycles. The molecule has 0 saturated carbocycles. The average Bonchev–Trinajstić information content (AvgIpc) is 2.92. The van der Waals surface area contributed by atoms with E-state index in [1.165, 1.54) is 37.4 Å². The molecule has 0 aliphatic heterocycles. The Bertz CT molecular complexity index is 619. The molecule has 12 nitrogen and oxygen atoms in total. The van der Waals surface area contributed by atoms with Crippen molar-refractivity contribution >= 4 is 29.5 Å². The Balaban J connectivity index is 3.59. The minimum atomic E-state index is -1.15. The number of amides is 2. The molecule has 0 aliphatic rings. The zero-order chi connectivity index (χ0) is 29.0. The van der Waals surface area contributed by atoms with Crippen LogP contribution in [-0.4, -0.2) is 131 Å². The van der Waals surface area contributed by atoms with Crippen molar-refractivity contribution in [3.05, 3.63) is 0 Å². The number of rotatable bonds is 29. The summed E-state index contributed by atoms with van der Waals surface area (Å²) < 4.78 is 21.7. The molecule has 230 valence electrons. The van der Waals surface area contributed by atoms with Crippen LogP contribution < -0.4 is 16.4 Å². The lowest BCUT2D eigenvalue weighted by Crippen LogP contribution is -2.43. The lowest BCUT2D eigenvalue weighted by atomic mass is 10.2. The van der Waals surface area contributed by atoms with E-state index in [0.29, 0.717) is 65.8 Å². The Hall–Kier alpha value is -1.48. The summed E-state index contributed by atoms with van der Waals surface area (Å²) in [7, 11) is 1.68. The van der Waals surface area contributed by atoms with Crippen LogP contribution >= 0.6 is 11.8 Å². The first-order valence-corrected chi connectivity index (χ1v) is 15.1. The van der Waals surface area contributed by atoms with Crippen molar-refractivity contribution in [3.8, 4) is 0 Å². The van der Waals surface area contributed by atoms with Gasteiger partial charge in [0.25, 0.3) is 0 Å². The molecule has 0 aromatic carbocycles. The molecule has 5 N–H and O–H groups in total. The van der Waals surface area contributed by atoms with Gasteiger partial charge in [0.15, 0.2) is 0 Å². The number of hydrogen-bond donors (Lipinski definition) is 4. The van der Waals surface area contributed by atoms with Crippen LogP contribution in [0.1, 0.15) is 45.4 Å². The minimum absolute atomic E-state index is 0.0344. The summed E-state index contributed by atoms with van der Waals surface area (Å²) in [4.78, 5) is 37.1. The average molecular weight is 581 g/mol. The number of aliphatic carboxylic acids is 1. The maximum Gasteiger partial charge on any atom is 0.327 e. The highest BCUT2D eigenvalue weighted by Crippen LogP contribution is 2.06. The number of carboxylic acids is 1. The van der Waals surface area contributed by atoms with Crippen molar-refractivity contribution in [1.29, 1.82) is 0 Å². The second kappa shape index (κ2) is 28.1. The second-order valence-corrected chi connectivity index (χ2v) is 9.97. The Morgan fingerprint density at radius 3 is 2.08 bits per heavy atom. The number of hydrogen-bond acceptors (Lipinski definition) is 10. The SMILES string of the molecule is CCCCCCNCCOCCOCCOCCOCCC(=O)N[C@@H](CSCC(=O)N(C)CCCN)C(=O)O. The molecule has 1 atom stereocenters.